The average Bonchev–Trinajstić information content (AvgIpc) is 2.50. The summed E-state index contributed by atoms with van der Waals surface area (Å²) in [6.07, 6.45) is 0.513. The first kappa shape index (κ1) is 18.2. The van der Waals surface area contributed by atoms with Gasteiger partial charge in [-0.3, -0.25) is 19.2 Å². The molecule has 0 saturated carbocycles. The lowest BCUT2D eigenvalue weighted by Gasteiger charge is -2.14. The highest BCUT2D eigenvalue weighted by Crippen LogP contribution is 2.25. The predicted molar refractivity (Wildman–Crippen MR) is 89.3 cm³/mol. The Labute approximate surface area is 135 Å². The Kier molecular flexibility index (Phi) is 5.47. The van der Waals surface area contributed by atoms with Crippen LogP contribution in [0.3, 0.4) is 0 Å². The molecule has 0 atom stereocenters. The van der Waals surface area contributed by atoms with Crippen LogP contribution >= 0.6 is 0 Å². The topological polar surface area (TPSA) is 68.3 Å². The fourth-order valence-electron chi connectivity index (χ4n) is 2.01. The first-order valence-corrected chi connectivity index (χ1v) is 6.85. The van der Waals surface area contributed by atoms with Crippen molar-refractivity contribution in [2.75, 3.05) is 0 Å². The highest BCUT2D eigenvalue weighted by molar-refractivity contribution is 6.25. The molecule has 0 fully saturated rings. The van der Waals surface area contributed by atoms with Crippen molar-refractivity contribution in [2.45, 2.75) is 20.8 Å². The lowest BCUT2D eigenvalue weighted by molar-refractivity contribution is 0.0986. The maximum Gasteiger partial charge on any atom is 0.189 e. The summed E-state index contributed by atoms with van der Waals surface area (Å²) >= 11 is 0. The number of rotatable bonds is 7. The quantitative estimate of drug-likeness (QED) is 0.436. The van der Waals surface area contributed by atoms with E-state index in [-0.39, 0.29) is 39.0 Å². The van der Waals surface area contributed by atoms with Gasteiger partial charge < -0.3 is 0 Å². The molecule has 0 aliphatic carbocycles. The number of carbonyl (C=O) groups is 4. The van der Waals surface area contributed by atoms with Crippen LogP contribution in [0.1, 0.15) is 62.2 Å². The van der Waals surface area contributed by atoms with Crippen LogP contribution < -0.4 is 0 Å². The van der Waals surface area contributed by atoms with Crippen LogP contribution in [0.5, 0.6) is 0 Å². The van der Waals surface area contributed by atoms with Crippen LogP contribution in [0.4, 0.5) is 0 Å². The van der Waals surface area contributed by atoms with Crippen LogP contribution in [0, 0.1) is 0 Å². The number of ketones is 3. The summed E-state index contributed by atoms with van der Waals surface area (Å²) in [5.41, 5.74) is 0.562. The van der Waals surface area contributed by atoms with Gasteiger partial charge in [0, 0.05) is 22.3 Å². The van der Waals surface area contributed by atoms with E-state index in [9.17, 15) is 19.2 Å². The molecule has 118 valence electrons. The summed E-state index contributed by atoms with van der Waals surface area (Å²) < 4.78 is 0. The molecular formula is C19H18O4. The number of allylic oxidation sites excluding steroid dienone is 3. The van der Waals surface area contributed by atoms with E-state index in [2.05, 4.69) is 19.7 Å². The normalized spacial score (nSPS) is 9.87. The molecule has 1 rings (SSSR count). The molecule has 0 unspecified atom stereocenters. The molecule has 0 aliphatic rings. The summed E-state index contributed by atoms with van der Waals surface area (Å²) in [6.45, 7) is 15.2. The number of hydrogen-bond donors (Lipinski definition) is 0. The maximum atomic E-state index is 12.5. The number of carbonyl (C=O) groups excluding carboxylic acids is 4. The zero-order valence-electron chi connectivity index (χ0n) is 13.5. The van der Waals surface area contributed by atoms with Gasteiger partial charge in [-0.15, -0.1) is 0 Å². The number of hydrogen-bond acceptors (Lipinski definition) is 4. The van der Waals surface area contributed by atoms with Crippen molar-refractivity contribution in [3.05, 3.63) is 70.8 Å². The molecule has 0 saturated heterocycles. The molecule has 0 N–H and O–H groups in total. The first-order chi connectivity index (χ1) is 10.6. The second-order valence-corrected chi connectivity index (χ2v) is 5.44. The van der Waals surface area contributed by atoms with Gasteiger partial charge in [-0.2, -0.15) is 0 Å². The Morgan fingerprint density at radius 3 is 1.39 bits per heavy atom. The minimum absolute atomic E-state index is 0.0281. The average molecular weight is 310 g/mol. The van der Waals surface area contributed by atoms with Gasteiger partial charge in [-0.05, 0) is 49.6 Å². The minimum atomic E-state index is -0.531. The van der Waals surface area contributed by atoms with Crippen molar-refractivity contribution >= 4 is 23.6 Å². The zero-order chi connectivity index (χ0) is 17.9. The van der Waals surface area contributed by atoms with Crippen LogP contribution in [0.15, 0.2) is 48.6 Å². The minimum Gasteiger partial charge on any atom is -0.298 e. The Hall–Kier alpha value is -2.88. The van der Waals surface area contributed by atoms with E-state index in [0.29, 0.717) is 6.29 Å². The second-order valence-electron chi connectivity index (χ2n) is 5.44. The lowest BCUT2D eigenvalue weighted by Crippen LogP contribution is -2.17. The van der Waals surface area contributed by atoms with Gasteiger partial charge in [0.1, 0.15) is 6.29 Å². The summed E-state index contributed by atoms with van der Waals surface area (Å²) in [4.78, 5) is 48.4. The van der Waals surface area contributed by atoms with Crippen LogP contribution in [-0.2, 0) is 0 Å². The highest BCUT2D eigenvalue weighted by atomic mass is 16.1. The largest absolute Gasteiger partial charge is 0.298 e. The van der Waals surface area contributed by atoms with Gasteiger partial charge in [-0.25, -0.2) is 0 Å². The smallest absolute Gasteiger partial charge is 0.189 e. The van der Waals surface area contributed by atoms with Crippen molar-refractivity contribution in [2.24, 2.45) is 0 Å². The lowest BCUT2D eigenvalue weighted by atomic mass is 9.86. The van der Waals surface area contributed by atoms with Gasteiger partial charge in [0.15, 0.2) is 17.3 Å². The molecule has 0 heterocycles. The fourth-order valence-corrected chi connectivity index (χ4v) is 2.01. The monoisotopic (exact) mass is 310 g/mol. The predicted octanol–water partition coefficient (Wildman–Crippen LogP) is 3.78. The standard InChI is InChI=1S/C19H18O4/c1-10(2)17(21)14-7-13(9-20)8-15(18(22)11(3)4)16(14)19(23)12(5)6/h7-9H,1,3,5H2,2,4,6H3. The Morgan fingerprint density at radius 2 is 1.13 bits per heavy atom. The van der Waals surface area contributed by atoms with Gasteiger partial charge in [0.25, 0.3) is 0 Å². The fraction of sp³-hybridized carbons (Fsp3) is 0.158. The van der Waals surface area contributed by atoms with Gasteiger partial charge >= 0.3 is 0 Å². The van der Waals surface area contributed by atoms with Crippen molar-refractivity contribution in [1.82, 2.24) is 0 Å². The Morgan fingerprint density at radius 1 is 0.783 bits per heavy atom. The summed E-state index contributed by atoms with van der Waals surface area (Å²) in [5, 5.41) is 0. The second kappa shape index (κ2) is 6.92. The van der Waals surface area contributed by atoms with E-state index < -0.39 is 17.3 Å². The van der Waals surface area contributed by atoms with Gasteiger partial charge in [0.2, 0.25) is 0 Å². The van der Waals surface area contributed by atoms with Crippen molar-refractivity contribution in [1.29, 1.82) is 0 Å². The van der Waals surface area contributed by atoms with Crippen molar-refractivity contribution in [3.63, 3.8) is 0 Å². The summed E-state index contributed by atoms with van der Waals surface area (Å²) in [6, 6.07) is 2.57. The molecule has 1 aromatic carbocycles. The molecule has 0 aromatic heterocycles. The Balaban J connectivity index is 3.93. The van der Waals surface area contributed by atoms with E-state index in [0.717, 1.165) is 0 Å². The third-order valence-corrected chi connectivity index (χ3v) is 3.18. The SMILES string of the molecule is C=C(C)C(=O)c1cc(C=O)cc(C(=O)C(=C)C)c1C(=O)C(=C)C. The molecule has 0 bridgehead atoms. The molecule has 0 radical (unpaired) electrons. The number of aldehydes is 1. The van der Waals surface area contributed by atoms with Crippen LogP contribution in [-0.4, -0.2) is 23.6 Å². The van der Waals surface area contributed by atoms with E-state index in [4.69, 9.17) is 0 Å². The van der Waals surface area contributed by atoms with E-state index in [1.165, 1.54) is 32.9 Å². The van der Waals surface area contributed by atoms with Crippen LogP contribution in [0.25, 0.3) is 0 Å². The highest BCUT2D eigenvalue weighted by Gasteiger charge is 2.26. The van der Waals surface area contributed by atoms with Crippen LogP contribution in [0.2, 0.25) is 0 Å². The van der Waals surface area contributed by atoms with Crippen molar-refractivity contribution in [3.8, 4) is 0 Å². The first-order valence-electron chi connectivity index (χ1n) is 6.85. The summed E-state index contributed by atoms with van der Waals surface area (Å²) in [5.74, 6) is -1.54. The number of Topliss-reactive ketones (excluding diaryl/α,β-unsaturated/α-hetero) is 3. The van der Waals surface area contributed by atoms with Gasteiger partial charge in [0.05, 0.1) is 0 Å². The Bertz CT molecular complexity index is 732. The summed E-state index contributed by atoms with van der Waals surface area (Å²) in [7, 11) is 0. The maximum absolute atomic E-state index is 12.5. The third kappa shape index (κ3) is 3.66. The van der Waals surface area contributed by atoms with E-state index >= 15 is 0 Å². The number of benzene rings is 1. The molecule has 0 aliphatic heterocycles. The molecule has 0 amide bonds. The third-order valence-electron chi connectivity index (χ3n) is 3.18. The molecule has 4 nitrogen and oxygen atoms in total. The molecule has 1 aromatic rings. The van der Waals surface area contributed by atoms with Crippen molar-refractivity contribution < 1.29 is 19.2 Å². The molecule has 23 heavy (non-hydrogen) atoms. The van der Waals surface area contributed by atoms with Gasteiger partial charge in [-0.1, -0.05) is 19.7 Å². The van der Waals surface area contributed by atoms with E-state index in [1.54, 1.807) is 0 Å². The molecule has 0 spiro atoms. The molecule has 4 heteroatoms. The zero-order valence-corrected chi connectivity index (χ0v) is 13.5. The van der Waals surface area contributed by atoms with E-state index in [1.807, 2.05) is 0 Å². The molecular weight excluding hydrogens is 292 g/mol.